The van der Waals surface area contributed by atoms with Crippen molar-refractivity contribution in [2.24, 2.45) is 0 Å². The van der Waals surface area contributed by atoms with Crippen LogP contribution in [0, 0.1) is 0 Å². The van der Waals surface area contributed by atoms with Crippen molar-refractivity contribution in [2.75, 3.05) is 11.5 Å². The monoisotopic (exact) mass is 291 g/mol. The zero-order chi connectivity index (χ0) is 13.5. The van der Waals surface area contributed by atoms with Gasteiger partial charge in [0, 0.05) is 10.6 Å². The molecule has 3 heteroatoms. The van der Waals surface area contributed by atoms with E-state index in [0.717, 1.165) is 27.8 Å². The van der Waals surface area contributed by atoms with Crippen molar-refractivity contribution < 1.29 is 0 Å². The highest BCUT2D eigenvalue weighted by atomic mass is 35.5. The van der Waals surface area contributed by atoms with Gasteiger partial charge in [-0.25, -0.2) is 0 Å². The van der Waals surface area contributed by atoms with Crippen LogP contribution in [-0.4, -0.2) is 5.75 Å². The molecule has 2 aromatic rings. The number of thioether (sulfide) groups is 1. The van der Waals surface area contributed by atoms with Crippen molar-refractivity contribution in [3.8, 4) is 0 Å². The Morgan fingerprint density at radius 3 is 2.47 bits per heavy atom. The third-order valence-corrected chi connectivity index (χ3v) is 4.61. The zero-order valence-electron chi connectivity index (χ0n) is 10.8. The van der Waals surface area contributed by atoms with E-state index < -0.39 is 0 Å². The van der Waals surface area contributed by atoms with E-state index in [1.807, 2.05) is 18.2 Å². The average molecular weight is 292 g/mol. The lowest BCUT2D eigenvalue weighted by Gasteiger charge is -2.07. The Bertz CT molecular complexity index is 493. The Labute approximate surface area is 124 Å². The molecule has 0 unspecified atom stereocenters. The van der Waals surface area contributed by atoms with Gasteiger partial charge in [-0.2, -0.15) is 0 Å². The first-order chi connectivity index (χ1) is 9.27. The minimum atomic E-state index is 0.757. The molecular weight excluding hydrogens is 274 g/mol. The molecule has 0 aliphatic rings. The summed E-state index contributed by atoms with van der Waals surface area (Å²) in [6.07, 6.45) is 3.50. The second-order valence-electron chi connectivity index (χ2n) is 4.45. The zero-order valence-corrected chi connectivity index (χ0v) is 12.4. The van der Waals surface area contributed by atoms with Gasteiger partial charge in [0.05, 0.1) is 5.02 Å². The molecule has 0 spiro atoms. The van der Waals surface area contributed by atoms with Crippen LogP contribution in [0.3, 0.4) is 0 Å². The fourth-order valence-electron chi connectivity index (χ4n) is 1.93. The highest BCUT2D eigenvalue weighted by molar-refractivity contribution is 7.99. The summed E-state index contributed by atoms with van der Waals surface area (Å²) >= 11 is 7.89. The molecule has 2 rings (SSSR count). The Morgan fingerprint density at radius 1 is 0.947 bits per heavy atom. The number of rotatable bonds is 6. The smallest absolute Gasteiger partial charge is 0.0562 e. The fourth-order valence-corrected chi connectivity index (χ4v) is 3.27. The molecular formula is C16H18ClNS. The number of aryl methyl sites for hydroxylation is 1. The average Bonchev–Trinajstić information content (AvgIpc) is 2.42. The molecule has 0 saturated heterocycles. The molecule has 1 nitrogen and oxygen atoms in total. The molecule has 0 radical (unpaired) electrons. The number of benzene rings is 2. The van der Waals surface area contributed by atoms with E-state index in [-0.39, 0.29) is 0 Å². The standard InChI is InChI=1S/C16H18ClNS/c17-14-10-6-11-15(18)16(14)19-12-5-4-9-13-7-2-1-3-8-13/h1-3,6-8,10-11H,4-5,9,12,18H2. The van der Waals surface area contributed by atoms with Crippen LogP contribution in [0.2, 0.25) is 5.02 Å². The van der Waals surface area contributed by atoms with Gasteiger partial charge in [0.15, 0.2) is 0 Å². The molecule has 100 valence electrons. The summed E-state index contributed by atoms with van der Waals surface area (Å²) in [6.45, 7) is 0. The number of halogens is 1. The van der Waals surface area contributed by atoms with Crippen molar-refractivity contribution in [3.05, 3.63) is 59.1 Å². The Kier molecular flexibility index (Phi) is 5.62. The highest BCUT2D eigenvalue weighted by Crippen LogP contribution is 2.32. The Hall–Kier alpha value is -1.12. The normalized spacial score (nSPS) is 10.6. The first kappa shape index (κ1) is 14.3. The van der Waals surface area contributed by atoms with Crippen LogP contribution >= 0.6 is 23.4 Å². The van der Waals surface area contributed by atoms with Gasteiger partial charge >= 0.3 is 0 Å². The summed E-state index contributed by atoms with van der Waals surface area (Å²) in [5.74, 6) is 1.06. The first-order valence-electron chi connectivity index (χ1n) is 6.48. The molecule has 0 amide bonds. The van der Waals surface area contributed by atoms with Crippen molar-refractivity contribution in [2.45, 2.75) is 24.2 Å². The summed E-state index contributed by atoms with van der Waals surface area (Å²) in [6, 6.07) is 16.3. The number of nitrogen functional groups attached to an aromatic ring is 1. The lowest BCUT2D eigenvalue weighted by Crippen LogP contribution is -1.91. The van der Waals surface area contributed by atoms with E-state index in [1.54, 1.807) is 11.8 Å². The van der Waals surface area contributed by atoms with Gasteiger partial charge in [0.2, 0.25) is 0 Å². The Morgan fingerprint density at radius 2 is 1.74 bits per heavy atom. The third kappa shape index (κ3) is 4.48. The van der Waals surface area contributed by atoms with E-state index in [4.69, 9.17) is 17.3 Å². The number of nitrogens with two attached hydrogens (primary N) is 1. The third-order valence-electron chi connectivity index (χ3n) is 2.95. The van der Waals surface area contributed by atoms with Crippen molar-refractivity contribution >= 4 is 29.1 Å². The predicted molar refractivity (Wildman–Crippen MR) is 86.0 cm³/mol. The first-order valence-corrected chi connectivity index (χ1v) is 7.84. The molecule has 0 saturated carbocycles. The van der Waals surface area contributed by atoms with Gasteiger partial charge in [-0.15, -0.1) is 11.8 Å². The molecule has 0 heterocycles. The van der Waals surface area contributed by atoms with E-state index in [0.29, 0.717) is 0 Å². The van der Waals surface area contributed by atoms with Gasteiger partial charge in [-0.05, 0) is 42.7 Å². The lowest BCUT2D eigenvalue weighted by molar-refractivity contribution is 0.802. The summed E-state index contributed by atoms with van der Waals surface area (Å²) in [4.78, 5) is 1.02. The summed E-state index contributed by atoms with van der Waals surface area (Å²) in [5, 5.41) is 0.757. The lowest BCUT2D eigenvalue weighted by atomic mass is 10.1. The van der Waals surface area contributed by atoms with Gasteiger partial charge in [0.1, 0.15) is 0 Å². The number of unbranched alkanes of at least 4 members (excludes halogenated alkanes) is 1. The molecule has 2 N–H and O–H groups in total. The summed E-state index contributed by atoms with van der Waals surface area (Å²) < 4.78 is 0. The van der Waals surface area contributed by atoms with E-state index in [2.05, 4.69) is 30.3 Å². The maximum atomic E-state index is 6.14. The molecule has 0 atom stereocenters. The van der Waals surface area contributed by atoms with Crippen molar-refractivity contribution in [1.82, 2.24) is 0 Å². The highest BCUT2D eigenvalue weighted by Gasteiger charge is 2.04. The number of hydrogen-bond acceptors (Lipinski definition) is 2. The largest absolute Gasteiger partial charge is 0.398 e. The molecule has 0 aromatic heterocycles. The predicted octanol–water partition coefficient (Wildman–Crippen LogP) is 5.04. The fraction of sp³-hybridized carbons (Fsp3) is 0.250. The van der Waals surface area contributed by atoms with Gasteiger partial charge in [-0.1, -0.05) is 48.0 Å². The maximum absolute atomic E-state index is 6.14. The quantitative estimate of drug-likeness (QED) is 0.458. The van der Waals surface area contributed by atoms with Gasteiger partial charge in [-0.3, -0.25) is 0 Å². The van der Waals surface area contributed by atoms with Crippen LogP contribution < -0.4 is 5.73 Å². The Balaban J connectivity index is 1.73. The molecule has 0 aliphatic carbocycles. The molecule has 19 heavy (non-hydrogen) atoms. The number of anilines is 1. The minimum Gasteiger partial charge on any atom is -0.398 e. The molecule has 0 aliphatic heterocycles. The van der Waals surface area contributed by atoms with Crippen LogP contribution in [0.5, 0.6) is 0 Å². The van der Waals surface area contributed by atoms with Crippen LogP contribution in [0.1, 0.15) is 18.4 Å². The van der Waals surface area contributed by atoms with E-state index in [1.165, 1.54) is 18.4 Å². The molecule has 0 fully saturated rings. The van der Waals surface area contributed by atoms with Crippen LogP contribution in [-0.2, 0) is 6.42 Å². The summed E-state index contributed by atoms with van der Waals surface area (Å²) in [7, 11) is 0. The SMILES string of the molecule is Nc1cccc(Cl)c1SCCCCc1ccccc1. The molecule has 0 bridgehead atoms. The van der Waals surface area contributed by atoms with Crippen molar-refractivity contribution in [3.63, 3.8) is 0 Å². The van der Waals surface area contributed by atoms with Crippen LogP contribution in [0.25, 0.3) is 0 Å². The number of hydrogen-bond donors (Lipinski definition) is 1. The maximum Gasteiger partial charge on any atom is 0.0562 e. The van der Waals surface area contributed by atoms with Crippen molar-refractivity contribution in [1.29, 1.82) is 0 Å². The van der Waals surface area contributed by atoms with E-state index >= 15 is 0 Å². The second kappa shape index (κ2) is 7.46. The second-order valence-corrected chi connectivity index (χ2v) is 5.96. The molecule has 2 aromatic carbocycles. The van der Waals surface area contributed by atoms with Crippen LogP contribution in [0.4, 0.5) is 5.69 Å². The van der Waals surface area contributed by atoms with Gasteiger partial charge < -0.3 is 5.73 Å². The summed E-state index contributed by atoms with van der Waals surface area (Å²) in [5.41, 5.74) is 8.11. The van der Waals surface area contributed by atoms with Gasteiger partial charge in [0.25, 0.3) is 0 Å². The van der Waals surface area contributed by atoms with Crippen LogP contribution in [0.15, 0.2) is 53.4 Å². The minimum absolute atomic E-state index is 0.757. The topological polar surface area (TPSA) is 26.0 Å². The van der Waals surface area contributed by atoms with E-state index in [9.17, 15) is 0 Å².